The summed E-state index contributed by atoms with van der Waals surface area (Å²) >= 11 is 0. The lowest BCUT2D eigenvalue weighted by Gasteiger charge is -2.34. The van der Waals surface area contributed by atoms with Gasteiger partial charge in [-0.1, -0.05) is 18.2 Å². The largest absolute Gasteiger partial charge is 0.484 e. The van der Waals surface area contributed by atoms with Gasteiger partial charge in [-0.2, -0.15) is 0 Å². The van der Waals surface area contributed by atoms with E-state index in [0.29, 0.717) is 31.9 Å². The molecule has 20 heavy (non-hydrogen) atoms. The number of piperazine rings is 1. The molecule has 1 fully saturated rings. The van der Waals surface area contributed by atoms with E-state index in [4.69, 9.17) is 10.5 Å². The molecule has 0 bridgehead atoms. The maximum atomic E-state index is 12.0. The Hall–Kier alpha value is -2.08. The highest BCUT2D eigenvalue weighted by molar-refractivity contribution is 5.80. The van der Waals surface area contributed by atoms with Crippen LogP contribution in [0, 0.1) is 0 Å². The highest BCUT2D eigenvalue weighted by atomic mass is 16.5. The van der Waals surface area contributed by atoms with E-state index in [-0.39, 0.29) is 25.0 Å². The highest BCUT2D eigenvalue weighted by Gasteiger charge is 2.23. The van der Waals surface area contributed by atoms with Crippen molar-refractivity contribution in [1.82, 2.24) is 9.80 Å². The van der Waals surface area contributed by atoms with Gasteiger partial charge in [0, 0.05) is 26.2 Å². The van der Waals surface area contributed by atoms with Crippen molar-refractivity contribution in [3.8, 4) is 5.75 Å². The van der Waals surface area contributed by atoms with Gasteiger partial charge >= 0.3 is 0 Å². The van der Waals surface area contributed by atoms with Crippen molar-refractivity contribution in [2.75, 3.05) is 39.3 Å². The van der Waals surface area contributed by atoms with Gasteiger partial charge in [0.1, 0.15) is 5.75 Å². The Kier molecular flexibility index (Phi) is 4.95. The van der Waals surface area contributed by atoms with Gasteiger partial charge in [0.25, 0.3) is 5.91 Å². The zero-order valence-electron chi connectivity index (χ0n) is 11.3. The molecule has 0 saturated carbocycles. The van der Waals surface area contributed by atoms with E-state index >= 15 is 0 Å². The van der Waals surface area contributed by atoms with Gasteiger partial charge < -0.3 is 20.3 Å². The lowest BCUT2D eigenvalue weighted by molar-refractivity contribution is -0.140. The molecular formula is C14H19N3O3. The second kappa shape index (κ2) is 6.91. The van der Waals surface area contributed by atoms with E-state index < -0.39 is 0 Å². The number of amides is 2. The van der Waals surface area contributed by atoms with E-state index in [9.17, 15) is 9.59 Å². The number of carbonyl (C=O) groups excluding carboxylic acids is 2. The van der Waals surface area contributed by atoms with Crippen LogP contribution in [0.2, 0.25) is 0 Å². The molecule has 1 aromatic rings. The molecule has 1 aliphatic rings. The van der Waals surface area contributed by atoms with E-state index in [1.54, 1.807) is 9.80 Å². The van der Waals surface area contributed by atoms with Crippen LogP contribution in [0.25, 0.3) is 0 Å². The fourth-order valence-electron chi connectivity index (χ4n) is 2.09. The summed E-state index contributed by atoms with van der Waals surface area (Å²) in [5, 5.41) is 0. The minimum atomic E-state index is -0.0716. The Morgan fingerprint density at radius 2 is 1.55 bits per heavy atom. The molecule has 6 nitrogen and oxygen atoms in total. The normalized spacial score (nSPS) is 15.1. The molecule has 0 aromatic heterocycles. The standard InChI is InChI=1S/C14H19N3O3/c15-10-13(18)16-6-8-17(9-7-16)14(19)11-20-12-4-2-1-3-5-12/h1-5H,6-11,15H2. The number of nitrogens with zero attached hydrogens (tertiary/aromatic N) is 2. The number of hydrogen-bond donors (Lipinski definition) is 1. The lowest BCUT2D eigenvalue weighted by Crippen LogP contribution is -2.52. The van der Waals surface area contributed by atoms with Crippen LogP contribution in [-0.4, -0.2) is 60.9 Å². The van der Waals surface area contributed by atoms with Crippen LogP contribution in [0.15, 0.2) is 30.3 Å². The second-order valence-electron chi connectivity index (χ2n) is 4.57. The van der Waals surface area contributed by atoms with Crippen LogP contribution in [-0.2, 0) is 9.59 Å². The quantitative estimate of drug-likeness (QED) is 0.819. The first-order valence-corrected chi connectivity index (χ1v) is 6.64. The number of nitrogens with two attached hydrogens (primary N) is 1. The SMILES string of the molecule is NCC(=O)N1CCN(C(=O)COc2ccccc2)CC1. The molecule has 0 atom stereocenters. The third-order valence-corrected chi connectivity index (χ3v) is 3.27. The molecule has 1 aromatic carbocycles. The minimum Gasteiger partial charge on any atom is -0.484 e. The van der Waals surface area contributed by atoms with Crippen LogP contribution in [0.5, 0.6) is 5.75 Å². The summed E-state index contributed by atoms with van der Waals surface area (Å²) in [5.41, 5.74) is 5.32. The third kappa shape index (κ3) is 3.71. The summed E-state index contributed by atoms with van der Waals surface area (Å²) in [7, 11) is 0. The first kappa shape index (κ1) is 14.3. The summed E-state index contributed by atoms with van der Waals surface area (Å²) in [5.74, 6) is 0.545. The second-order valence-corrected chi connectivity index (χ2v) is 4.57. The molecule has 1 aliphatic heterocycles. The van der Waals surface area contributed by atoms with Crippen LogP contribution in [0.3, 0.4) is 0 Å². The average molecular weight is 277 g/mol. The smallest absolute Gasteiger partial charge is 0.260 e. The maximum Gasteiger partial charge on any atom is 0.260 e. The molecular weight excluding hydrogens is 258 g/mol. The predicted molar refractivity (Wildman–Crippen MR) is 74.2 cm³/mol. The number of benzene rings is 1. The molecule has 6 heteroatoms. The molecule has 0 radical (unpaired) electrons. The van der Waals surface area contributed by atoms with Gasteiger partial charge in [-0.05, 0) is 12.1 Å². The van der Waals surface area contributed by atoms with Crippen molar-refractivity contribution in [3.05, 3.63) is 30.3 Å². The zero-order chi connectivity index (χ0) is 14.4. The molecule has 108 valence electrons. The van der Waals surface area contributed by atoms with Gasteiger partial charge in [-0.15, -0.1) is 0 Å². The highest BCUT2D eigenvalue weighted by Crippen LogP contribution is 2.09. The molecule has 1 heterocycles. The van der Waals surface area contributed by atoms with E-state index in [1.807, 2.05) is 30.3 Å². The Balaban J connectivity index is 1.76. The number of para-hydroxylation sites is 1. The van der Waals surface area contributed by atoms with Crippen molar-refractivity contribution in [3.63, 3.8) is 0 Å². The van der Waals surface area contributed by atoms with Crippen molar-refractivity contribution in [2.24, 2.45) is 5.73 Å². The molecule has 1 saturated heterocycles. The van der Waals surface area contributed by atoms with E-state index in [0.717, 1.165) is 0 Å². The van der Waals surface area contributed by atoms with Gasteiger partial charge in [-0.25, -0.2) is 0 Å². The maximum absolute atomic E-state index is 12.0. The number of carbonyl (C=O) groups is 2. The molecule has 2 rings (SSSR count). The summed E-state index contributed by atoms with van der Waals surface area (Å²) < 4.78 is 5.42. The number of ether oxygens (including phenoxy) is 1. The summed E-state index contributed by atoms with van der Waals surface area (Å²) in [6, 6.07) is 9.23. The van der Waals surface area contributed by atoms with E-state index in [2.05, 4.69) is 0 Å². The molecule has 2 amide bonds. The fourth-order valence-corrected chi connectivity index (χ4v) is 2.09. The van der Waals surface area contributed by atoms with E-state index in [1.165, 1.54) is 0 Å². The summed E-state index contributed by atoms with van der Waals surface area (Å²) in [4.78, 5) is 26.8. The molecule has 0 aliphatic carbocycles. The van der Waals surface area contributed by atoms with Crippen LogP contribution >= 0.6 is 0 Å². The topological polar surface area (TPSA) is 75.9 Å². The Bertz CT molecular complexity index is 456. The Morgan fingerprint density at radius 3 is 2.10 bits per heavy atom. The summed E-state index contributed by atoms with van der Waals surface area (Å²) in [6.07, 6.45) is 0. The molecule has 0 unspecified atom stereocenters. The average Bonchev–Trinajstić information content (AvgIpc) is 2.53. The first-order chi connectivity index (χ1) is 9.70. The Labute approximate surface area is 118 Å². The first-order valence-electron chi connectivity index (χ1n) is 6.64. The zero-order valence-corrected chi connectivity index (χ0v) is 11.3. The summed E-state index contributed by atoms with van der Waals surface area (Å²) in [6.45, 7) is 2.17. The van der Waals surface area contributed by atoms with Crippen LogP contribution in [0.1, 0.15) is 0 Å². The number of hydrogen-bond acceptors (Lipinski definition) is 4. The van der Waals surface area contributed by atoms with Gasteiger partial charge in [0.15, 0.2) is 6.61 Å². The molecule has 2 N–H and O–H groups in total. The predicted octanol–water partition coefficient (Wildman–Crippen LogP) is -0.305. The van der Waals surface area contributed by atoms with Crippen LogP contribution < -0.4 is 10.5 Å². The third-order valence-electron chi connectivity index (χ3n) is 3.27. The van der Waals surface area contributed by atoms with Gasteiger partial charge in [0.2, 0.25) is 5.91 Å². The fraction of sp³-hybridized carbons (Fsp3) is 0.429. The number of rotatable bonds is 4. The van der Waals surface area contributed by atoms with Crippen molar-refractivity contribution in [2.45, 2.75) is 0 Å². The lowest BCUT2D eigenvalue weighted by atomic mass is 10.3. The minimum absolute atomic E-state index is 0.0189. The van der Waals surface area contributed by atoms with Crippen molar-refractivity contribution < 1.29 is 14.3 Å². The van der Waals surface area contributed by atoms with Gasteiger partial charge in [0.05, 0.1) is 6.54 Å². The van der Waals surface area contributed by atoms with Crippen molar-refractivity contribution >= 4 is 11.8 Å². The molecule has 0 spiro atoms. The monoisotopic (exact) mass is 277 g/mol. The van der Waals surface area contributed by atoms with Gasteiger partial charge in [-0.3, -0.25) is 9.59 Å². The Morgan fingerprint density at radius 1 is 1.00 bits per heavy atom. The van der Waals surface area contributed by atoms with Crippen molar-refractivity contribution in [1.29, 1.82) is 0 Å². The van der Waals surface area contributed by atoms with Crippen LogP contribution in [0.4, 0.5) is 0 Å².